The van der Waals surface area contributed by atoms with Crippen LogP contribution >= 0.6 is 0 Å². The van der Waals surface area contributed by atoms with Gasteiger partial charge in [0.15, 0.2) is 0 Å². The molecule has 0 heterocycles. The standard InChI is InChI=1S/C14H24N2O2S/c1-3-4-5-6-7-11-16-13-9-8-10-14(12(13)2)19(15,17)18/h8-10,16H,3-7,11H2,1-2H3,(H2,15,17,18). The second kappa shape index (κ2) is 7.50. The molecule has 0 saturated heterocycles. The van der Waals surface area contributed by atoms with Crippen LogP contribution in [0.5, 0.6) is 0 Å². The smallest absolute Gasteiger partial charge is 0.238 e. The number of rotatable bonds is 8. The van der Waals surface area contributed by atoms with Crippen LogP contribution < -0.4 is 10.5 Å². The van der Waals surface area contributed by atoms with Gasteiger partial charge in [0, 0.05) is 12.2 Å². The lowest BCUT2D eigenvalue weighted by molar-refractivity contribution is 0.597. The van der Waals surface area contributed by atoms with Crippen LogP contribution in [0.3, 0.4) is 0 Å². The zero-order chi connectivity index (χ0) is 14.3. The molecule has 0 aliphatic carbocycles. The number of hydrogen-bond acceptors (Lipinski definition) is 3. The third-order valence-electron chi connectivity index (χ3n) is 3.19. The summed E-state index contributed by atoms with van der Waals surface area (Å²) in [6, 6.07) is 5.14. The molecule has 0 radical (unpaired) electrons. The Labute approximate surface area is 116 Å². The Morgan fingerprint density at radius 1 is 1.16 bits per heavy atom. The highest BCUT2D eigenvalue weighted by atomic mass is 32.2. The van der Waals surface area contributed by atoms with Crippen molar-refractivity contribution in [2.45, 2.75) is 50.8 Å². The molecule has 0 unspecified atom stereocenters. The van der Waals surface area contributed by atoms with Gasteiger partial charge in [-0.1, -0.05) is 38.7 Å². The second-order valence-electron chi connectivity index (χ2n) is 4.81. The largest absolute Gasteiger partial charge is 0.385 e. The summed E-state index contributed by atoms with van der Waals surface area (Å²) in [6.07, 6.45) is 6.07. The predicted molar refractivity (Wildman–Crippen MR) is 79.8 cm³/mol. The number of anilines is 1. The molecule has 0 aromatic heterocycles. The molecular weight excluding hydrogens is 260 g/mol. The van der Waals surface area contributed by atoms with Crippen molar-refractivity contribution in [3.63, 3.8) is 0 Å². The molecule has 1 rings (SSSR count). The fraction of sp³-hybridized carbons (Fsp3) is 0.571. The first-order valence-electron chi connectivity index (χ1n) is 6.83. The van der Waals surface area contributed by atoms with E-state index >= 15 is 0 Å². The molecule has 0 spiro atoms. The maximum atomic E-state index is 11.4. The number of sulfonamides is 1. The number of hydrogen-bond donors (Lipinski definition) is 2. The SMILES string of the molecule is CCCCCCCNc1cccc(S(N)(=O)=O)c1C. The van der Waals surface area contributed by atoms with Crippen LogP contribution in [0.4, 0.5) is 5.69 Å². The summed E-state index contributed by atoms with van der Waals surface area (Å²) in [5.41, 5.74) is 1.54. The van der Waals surface area contributed by atoms with E-state index in [9.17, 15) is 8.42 Å². The molecule has 3 N–H and O–H groups in total. The molecule has 0 fully saturated rings. The van der Waals surface area contributed by atoms with Gasteiger partial charge in [0.25, 0.3) is 0 Å². The van der Waals surface area contributed by atoms with Crippen molar-refractivity contribution in [3.05, 3.63) is 23.8 Å². The molecule has 19 heavy (non-hydrogen) atoms. The molecule has 5 heteroatoms. The van der Waals surface area contributed by atoms with Crippen LogP contribution in [0, 0.1) is 6.92 Å². The van der Waals surface area contributed by atoms with Gasteiger partial charge in [-0.3, -0.25) is 0 Å². The average Bonchev–Trinajstić information content (AvgIpc) is 2.34. The minimum absolute atomic E-state index is 0.198. The van der Waals surface area contributed by atoms with Crippen LogP contribution in [-0.2, 0) is 10.0 Å². The van der Waals surface area contributed by atoms with Gasteiger partial charge in [-0.25, -0.2) is 13.6 Å². The van der Waals surface area contributed by atoms with Crippen molar-refractivity contribution in [3.8, 4) is 0 Å². The predicted octanol–water partition coefficient (Wildman–Crippen LogP) is 3.02. The Kier molecular flexibility index (Phi) is 6.31. The number of nitrogens with two attached hydrogens (primary N) is 1. The highest BCUT2D eigenvalue weighted by Gasteiger charge is 2.13. The van der Waals surface area contributed by atoms with Crippen molar-refractivity contribution in [1.29, 1.82) is 0 Å². The van der Waals surface area contributed by atoms with Crippen LogP contribution in [0.25, 0.3) is 0 Å². The third-order valence-corrected chi connectivity index (χ3v) is 4.24. The molecule has 4 nitrogen and oxygen atoms in total. The van der Waals surface area contributed by atoms with E-state index < -0.39 is 10.0 Å². The van der Waals surface area contributed by atoms with E-state index in [0.29, 0.717) is 5.56 Å². The minimum Gasteiger partial charge on any atom is -0.385 e. The van der Waals surface area contributed by atoms with E-state index in [1.165, 1.54) is 31.7 Å². The summed E-state index contributed by atoms with van der Waals surface area (Å²) in [6.45, 7) is 4.83. The molecule has 0 aliphatic heterocycles. The molecule has 0 amide bonds. The number of nitrogens with one attached hydrogen (secondary N) is 1. The highest BCUT2D eigenvalue weighted by molar-refractivity contribution is 7.89. The fourth-order valence-electron chi connectivity index (χ4n) is 2.07. The van der Waals surface area contributed by atoms with Crippen molar-refractivity contribution in [1.82, 2.24) is 0 Å². The lowest BCUT2D eigenvalue weighted by Gasteiger charge is -2.12. The summed E-state index contributed by atoms with van der Waals surface area (Å²) in [4.78, 5) is 0.198. The fourth-order valence-corrected chi connectivity index (χ4v) is 2.87. The maximum absolute atomic E-state index is 11.4. The molecule has 1 aromatic rings. The lowest BCUT2D eigenvalue weighted by Crippen LogP contribution is -2.14. The van der Waals surface area contributed by atoms with Gasteiger partial charge < -0.3 is 5.32 Å². The normalized spacial score (nSPS) is 11.5. The summed E-state index contributed by atoms with van der Waals surface area (Å²) in [5, 5.41) is 8.46. The Morgan fingerprint density at radius 2 is 1.84 bits per heavy atom. The van der Waals surface area contributed by atoms with Crippen molar-refractivity contribution in [2.24, 2.45) is 5.14 Å². The Balaban J connectivity index is 2.56. The van der Waals surface area contributed by atoms with Crippen LogP contribution in [0.15, 0.2) is 23.1 Å². The lowest BCUT2D eigenvalue weighted by atomic mass is 10.1. The average molecular weight is 284 g/mol. The summed E-state index contributed by atoms with van der Waals surface area (Å²) in [5.74, 6) is 0. The molecule has 0 saturated carbocycles. The first-order chi connectivity index (χ1) is 8.96. The Bertz CT molecular complexity index is 498. The zero-order valence-corrected chi connectivity index (χ0v) is 12.6. The van der Waals surface area contributed by atoms with Gasteiger partial charge in [0.1, 0.15) is 0 Å². The molecule has 0 bridgehead atoms. The van der Waals surface area contributed by atoms with Crippen LogP contribution in [-0.4, -0.2) is 15.0 Å². The number of primary sulfonamides is 1. The van der Waals surface area contributed by atoms with Gasteiger partial charge >= 0.3 is 0 Å². The van der Waals surface area contributed by atoms with Crippen LogP contribution in [0.1, 0.15) is 44.6 Å². The number of benzene rings is 1. The Hall–Kier alpha value is -1.07. The van der Waals surface area contributed by atoms with E-state index in [1.807, 2.05) is 6.07 Å². The van der Waals surface area contributed by atoms with Crippen molar-refractivity contribution < 1.29 is 8.42 Å². The van der Waals surface area contributed by atoms with E-state index in [2.05, 4.69) is 12.2 Å². The maximum Gasteiger partial charge on any atom is 0.238 e. The molecule has 0 atom stereocenters. The van der Waals surface area contributed by atoms with Crippen molar-refractivity contribution >= 4 is 15.7 Å². The van der Waals surface area contributed by atoms with Crippen LogP contribution in [0.2, 0.25) is 0 Å². The molecule has 108 valence electrons. The summed E-state index contributed by atoms with van der Waals surface area (Å²) in [7, 11) is -3.64. The van der Waals surface area contributed by atoms with Crippen molar-refractivity contribution in [2.75, 3.05) is 11.9 Å². The zero-order valence-electron chi connectivity index (χ0n) is 11.8. The molecule has 0 aliphatic rings. The van der Waals surface area contributed by atoms with Gasteiger partial charge in [-0.2, -0.15) is 0 Å². The topological polar surface area (TPSA) is 72.2 Å². The molecular formula is C14H24N2O2S. The minimum atomic E-state index is -3.64. The van der Waals surface area contributed by atoms with Gasteiger partial charge in [0.2, 0.25) is 10.0 Å². The van der Waals surface area contributed by atoms with Gasteiger partial charge in [0.05, 0.1) is 4.90 Å². The number of unbranched alkanes of at least 4 members (excludes halogenated alkanes) is 4. The summed E-state index contributed by atoms with van der Waals surface area (Å²) >= 11 is 0. The second-order valence-corrected chi connectivity index (χ2v) is 6.34. The summed E-state index contributed by atoms with van der Waals surface area (Å²) < 4.78 is 22.8. The van der Waals surface area contributed by atoms with E-state index in [1.54, 1.807) is 13.0 Å². The van der Waals surface area contributed by atoms with Gasteiger partial charge in [-0.15, -0.1) is 0 Å². The Morgan fingerprint density at radius 3 is 2.47 bits per heavy atom. The molecule has 1 aromatic carbocycles. The van der Waals surface area contributed by atoms with Gasteiger partial charge in [-0.05, 0) is 31.0 Å². The first kappa shape index (κ1) is 16.0. The monoisotopic (exact) mass is 284 g/mol. The third kappa shape index (κ3) is 5.20. The first-order valence-corrected chi connectivity index (χ1v) is 8.37. The van der Waals surface area contributed by atoms with E-state index in [0.717, 1.165) is 18.7 Å². The van der Waals surface area contributed by atoms with E-state index in [4.69, 9.17) is 5.14 Å². The van der Waals surface area contributed by atoms with E-state index in [-0.39, 0.29) is 4.90 Å². The highest BCUT2D eigenvalue weighted by Crippen LogP contribution is 2.22. The quantitative estimate of drug-likeness (QED) is 0.721.